The number of hydrogen-bond donors (Lipinski definition) is 1. The number of esters is 1. The lowest BCUT2D eigenvalue weighted by molar-refractivity contribution is -0.140. The molecule has 1 aromatic carbocycles. The molecule has 0 heterocycles. The van der Waals surface area contributed by atoms with Crippen molar-refractivity contribution in [3.05, 3.63) is 35.4 Å². The third kappa shape index (κ3) is 7.18. The molecule has 0 bridgehead atoms. The molecule has 0 atom stereocenters. The van der Waals surface area contributed by atoms with Crippen LogP contribution in [0.4, 0.5) is 0 Å². The molecule has 1 aromatic rings. The van der Waals surface area contributed by atoms with Crippen LogP contribution in [0.15, 0.2) is 24.3 Å². The average Bonchev–Trinajstić information content (AvgIpc) is 2.51. The number of nitrogens with one attached hydrogen (secondary N) is 1. The summed E-state index contributed by atoms with van der Waals surface area (Å²) in [5, 5.41) is 2.89. The normalized spacial score (nSPS) is 10.2. The summed E-state index contributed by atoms with van der Waals surface area (Å²) in [5.74, 6) is 0.741. The molecule has 0 radical (unpaired) electrons. The Morgan fingerprint density at radius 1 is 1.14 bits per heavy atom. The monoisotopic (exact) mass is 309 g/mol. The third-order valence-corrected chi connectivity index (χ3v) is 3.72. The second-order valence-electron chi connectivity index (χ2n) is 4.77. The third-order valence-electron chi connectivity index (χ3n) is 3.10. The van der Waals surface area contributed by atoms with Gasteiger partial charge in [0.1, 0.15) is 0 Å². The number of methoxy groups -OCH3 is 1. The number of thioether (sulfide) groups is 1. The lowest BCUT2D eigenvalue weighted by Gasteiger charge is -2.06. The average molecular weight is 309 g/mol. The highest BCUT2D eigenvalue weighted by atomic mass is 32.2. The van der Waals surface area contributed by atoms with Gasteiger partial charge in [-0.15, -0.1) is 0 Å². The fourth-order valence-electron chi connectivity index (χ4n) is 1.90. The molecular weight excluding hydrogens is 286 g/mol. The largest absolute Gasteiger partial charge is 0.469 e. The zero-order valence-corrected chi connectivity index (χ0v) is 13.5. The molecular formula is C16H23NO3S. The summed E-state index contributed by atoms with van der Waals surface area (Å²) in [6, 6.07) is 7.69. The van der Waals surface area contributed by atoms with Crippen molar-refractivity contribution >= 4 is 23.6 Å². The van der Waals surface area contributed by atoms with Gasteiger partial charge in [0, 0.05) is 24.3 Å². The first kappa shape index (κ1) is 17.6. The first-order valence-corrected chi connectivity index (χ1v) is 8.49. The van der Waals surface area contributed by atoms with E-state index in [0.717, 1.165) is 25.0 Å². The van der Waals surface area contributed by atoms with Crippen molar-refractivity contribution in [2.45, 2.75) is 31.4 Å². The maximum Gasteiger partial charge on any atom is 0.305 e. The molecule has 0 fully saturated rings. The Kier molecular flexibility index (Phi) is 8.59. The van der Waals surface area contributed by atoms with E-state index in [2.05, 4.69) is 16.3 Å². The Morgan fingerprint density at radius 3 is 2.48 bits per heavy atom. The standard InChI is InChI=1S/C16H23NO3S/c1-20-15(18)6-4-3-5-11-17-16(19)14-9-7-13(8-10-14)12-21-2/h7-10H,3-6,11-12H2,1-2H3,(H,17,19). The van der Waals surface area contributed by atoms with Crippen LogP contribution < -0.4 is 5.32 Å². The molecule has 1 rings (SSSR count). The minimum atomic E-state index is -0.177. The molecule has 0 spiro atoms. The number of carbonyl (C=O) groups is 2. The fraction of sp³-hybridized carbons (Fsp3) is 0.500. The number of benzene rings is 1. The van der Waals surface area contributed by atoms with E-state index in [9.17, 15) is 9.59 Å². The van der Waals surface area contributed by atoms with Crippen molar-refractivity contribution in [3.63, 3.8) is 0 Å². The molecule has 0 unspecified atom stereocenters. The molecule has 116 valence electrons. The smallest absolute Gasteiger partial charge is 0.305 e. The van der Waals surface area contributed by atoms with Crippen LogP contribution in [0, 0.1) is 0 Å². The number of carbonyl (C=O) groups excluding carboxylic acids is 2. The molecule has 0 aliphatic heterocycles. The predicted molar refractivity (Wildman–Crippen MR) is 86.5 cm³/mol. The van der Waals surface area contributed by atoms with E-state index in [1.54, 1.807) is 11.8 Å². The predicted octanol–water partition coefficient (Wildman–Crippen LogP) is 3.01. The van der Waals surface area contributed by atoms with Crippen LogP contribution in [0.1, 0.15) is 41.6 Å². The van der Waals surface area contributed by atoms with Gasteiger partial charge in [-0.2, -0.15) is 11.8 Å². The van der Waals surface area contributed by atoms with E-state index in [1.807, 2.05) is 24.3 Å². The minimum absolute atomic E-state index is 0.0429. The lowest BCUT2D eigenvalue weighted by atomic mass is 10.1. The van der Waals surface area contributed by atoms with E-state index < -0.39 is 0 Å². The minimum Gasteiger partial charge on any atom is -0.469 e. The highest BCUT2D eigenvalue weighted by Gasteiger charge is 2.05. The number of amides is 1. The van der Waals surface area contributed by atoms with Crippen molar-refractivity contribution in [1.82, 2.24) is 5.32 Å². The van der Waals surface area contributed by atoms with Gasteiger partial charge in [-0.1, -0.05) is 18.6 Å². The second-order valence-corrected chi connectivity index (χ2v) is 5.64. The summed E-state index contributed by atoms with van der Waals surface area (Å²) >= 11 is 1.76. The van der Waals surface area contributed by atoms with Crippen LogP contribution >= 0.6 is 11.8 Å². The molecule has 0 saturated carbocycles. The van der Waals surface area contributed by atoms with Crippen LogP contribution in [0.5, 0.6) is 0 Å². The number of rotatable bonds is 9. The maximum absolute atomic E-state index is 11.9. The van der Waals surface area contributed by atoms with Gasteiger partial charge in [0.2, 0.25) is 0 Å². The Labute approximate surface area is 130 Å². The quantitative estimate of drug-likeness (QED) is 0.563. The van der Waals surface area contributed by atoms with E-state index in [-0.39, 0.29) is 11.9 Å². The molecule has 1 N–H and O–H groups in total. The van der Waals surface area contributed by atoms with Crippen LogP contribution in [0.3, 0.4) is 0 Å². The van der Waals surface area contributed by atoms with Crippen LogP contribution in [0.25, 0.3) is 0 Å². The number of ether oxygens (including phenoxy) is 1. The highest BCUT2D eigenvalue weighted by Crippen LogP contribution is 2.10. The second kappa shape index (κ2) is 10.3. The van der Waals surface area contributed by atoms with Gasteiger partial charge >= 0.3 is 5.97 Å². The molecule has 4 nitrogen and oxygen atoms in total. The van der Waals surface area contributed by atoms with Crippen LogP contribution in [-0.4, -0.2) is 31.8 Å². The molecule has 0 aliphatic carbocycles. The zero-order valence-electron chi connectivity index (χ0n) is 12.7. The molecule has 0 saturated heterocycles. The Balaban J connectivity index is 2.20. The van der Waals surface area contributed by atoms with Gasteiger partial charge in [-0.25, -0.2) is 0 Å². The SMILES string of the molecule is COC(=O)CCCCCNC(=O)c1ccc(CSC)cc1. The topological polar surface area (TPSA) is 55.4 Å². The van der Waals surface area contributed by atoms with Crippen LogP contribution in [0.2, 0.25) is 0 Å². The maximum atomic E-state index is 11.9. The van der Waals surface area contributed by atoms with Gasteiger partial charge in [-0.3, -0.25) is 9.59 Å². The van der Waals surface area contributed by atoms with Crippen molar-refractivity contribution in [2.75, 3.05) is 19.9 Å². The van der Waals surface area contributed by atoms with E-state index >= 15 is 0 Å². The van der Waals surface area contributed by atoms with E-state index in [0.29, 0.717) is 18.5 Å². The summed E-state index contributed by atoms with van der Waals surface area (Å²) < 4.78 is 4.57. The zero-order chi connectivity index (χ0) is 15.5. The van der Waals surface area contributed by atoms with Gasteiger partial charge in [0.15, 0.2) is 0 Å². The fourth-order valence-corrected chi connectivity index (χ4v) is 2.42. The van der Waals surface area contributed by atoms with Gasteiger partial charge in [0.05, 0.1) is 7.11 Å². The van der Waals surface area contributed by atoms with E-state index in [4.69, 9.17) is 0 Å². The Bertz CT molecular complexity index is 445. The van der Waals surface area contributed by atoms with Gasteiger partial charge in [0.25, 0.3) is 5.91 Å². The summed E-state index contributed by atoms with van der Waals surface area (Å²) in [6.45, 7) is 0.632. The summed E-state index contributed by atoms with van der Waals surface area (Å²) in [4.78, 5) is 22.8. The highest BCUT2D eigenvalue weighted by molar-refractivity contribution is 7.97. The first-order chi connectivity index (χ1) is 10.2. The van der Waals surface area contributed by atoms with Crippen molar-refractivity contribution < 1.29 is 14.3 Å². The summed E-state index contributed by atoms with van der Waals surface area (Å²) in [7, 11) is 1.40. The molecule has 0 aliphatic rings. The van der Waals surface area contributed by atoms with Crippen molar-refractivity contribution in [3.8, 4) is 0 Å². The molecule has 0 aromatic heterocycles. The number of unbranched alkanes of at least 4 members (excludes halogenated alkanes) is 2. The first-order valence-electron chi connectivity index (χ1n) is 7.10. The van der Waals surface area contributed by atoms with Gasteiger partial charge in [-0.05, 0) is 36.8 Å². The van der Waals surface area contributed by atoms with Crippen molar-refractivity contribution in [1.29, 1.82) is 0 Å². The summed E-state index contributed by atoms with van der Waals surface area (Å²) in [6.07, 6.45) is 5.07. The van der Waals surface area contributed by atoms with Gasteiger partial charge < -0.3 is 10.1 Å². The van der Waals surface area contributed by atoms with Crippen LogP contribution in [-0.2, 0) is 15.3 Å². The molecule has 1 amide bonds. The Hall–Kier alpha value is -1.49. The molecule has 5 heteroatoms. The summed E-state index contributed by atoms with van der Waals surface area (Å²) in [5.41, 5.74) is 1.91. The molecule has 21 heavy (non-hydrogen) atoms. The number of hydrogen-bond acceptors (Lipinski definition) is 4. The Morgan fingerprint density at radius 2 is 1.86 bits per heavy atom. The van der Waals surface area contributed by atoms with Crippen molar-refractivity contribution in [2.24, 2.45) is 0 Å². The van der Waals surface area contributed by atoms with E-state index in [1.165, 1.54) is 12.7 Å². The lowest BCUT2D eigenvalue weighted by Crippen LogP contribution is -2.24.